The SMILES string of the molecule is CCOC1CC(N)(C(=O)Nc2cc3c(cc2Cl)NC(=O)CO3)C1(C)C. The molecule has 25 heavy (non-hydrogen) atoms. The van der Waals surface area contributed by atoms with Gasteiger partial charge in [-0.25, -0.2) is 0 Å². The van der Waals surface area contributed by atoms with Gasteiger partial charge in [0, 0.05) is 24.5 Å². The van der Waals surface area contributed by atoms with Gasteiger partial charge in [0.1, 0.15) is 11.3 Å². The first-order valence-electron chi connectivity index (χ1n) is 8.17. The van der Waals surface area contributed by atoms with Crippen LogP contribution >= 0.6 is 11.6 Å². The highest BCUT2D eigenvalue weighted by atomic mass is 35.5. The molecule has 2 aliphatic rings. The van der Waals surface area contributed by atoms with Crippen LogP contribution in [0.2, 0.25) is 5.02 Å². The Morgan fingerprint density at radius 3 is 2.88 bits per heavy atom. The molecule has 4 N–H and O–H groups in total. The van der Waals surface area contributed by atoms with E-state index in [1.807, 2.05) is 20.8 Å². The Hall–Kier alpha value is -1.83. The molecule has 2 unspecified atom stereocenters. The minimum absolute atomic E-state index is 0.0641. The van der Waals surface area contributed by atoms with Gasteiger partial charge in [-0.3, -0.25) is 9.59 Å². The topological polar surface area (TPSA) is 103 Å². The van der Waals surface area contributed by atoms with E-state index in [0.29, 0.717) is 35.2 Å². The number of benzene rings is 1. The molecule has 7 nitrogen and oxygen atoms in total. The van der Waals surface area contributed by atoms with Crippen molar-refractivity contribution in [3.8, 4) is 5.75 Å². The van der Waals surface area contributed by atoms with Crippen molar-refractivity contribution in [3.05, 3.63) is 17.2 Å². The average molecular weight is 368 g/mol. The van der Waals surface area contributed by atoms with Crippen LogP contribution in [-0.4, -0.2) is 36.7 Å². The molecule has 2 amide bonds. The van der Waals surface area contributed by atoms with E-state index < -0.39 is 11.0 Å². The van der Waals surface area contributed by atoms with E-state index in [2.05, 4.69) is 10.6 Å². The van der Waals surface area contributed by atoms with Gasteiger partial charge in [0.25, 0.3) is 5.91 Å². The highest BCUT2D eigenvalue weighted by molar-refractivity contribution is 6.34. The maximum Gasteiger partial charge on any atom is 0.262 e. The molecule has 0 saturated heterocycles. The van der Waals surface area contributed by atoms with Gasteiger partial charge in [-0.05, 0) is 13.0 Å². The van der Waals surface area contributed by atoms with Crippen molar-refractivity contribution in [1.29, 1.82) is 0 Å². The summed E-state index contributed by atoms with van der Waals surface area (Å²) in [5.41, 5.74) is 5.68. The van der Waals surface area contributed by atoms with E-state index in [4.69, 9.17) is 26.8 Å². The predicted octanol–water partition coefficient (Wildman–Crippen LogP) is 2.14. The summed E-state index contributed by atoms with van der Waals surface area (Å²) in [6.07, 6.45) is 0.375. The first-order valence-corrected chi connectivity index (χ1v) is 8.55. The molecule has 1 aromatic rings. The molecular weight excluding hydrogens is 346 g/mol. The molecule has 8 heteroatoms. The Bertz CT molecular complexity index is 737. The average Bonchev–Trinajstić information content (AvgIpc) is 2.55. The third-order valence-corrected chi connectivity index (χ3v) is 5.50. The molecule has 0 radical (unpaired) electrons. The molecule has 2 atom stereocenters. The first kappa shape index (κ1) is 18.0. The quantitative estimate of drug-likeness (QED) is 0.756. The minimum atomic E-state index is -1.05. The van der Waals surface area contributed by atoms with Gasteiger partial charge in [0.2, 0.25) is 5.91 Å². The molecular formula is C17H22ClN3O4. The van der Waals surface area contributed by atoms with Crippen molar-refractivity contribution in [2.45, 2.75) is 38.8 Å². The predicted molar refractivity (Wildman–Crippen MR) is 94.9 cm³/mol. The molecule has 1 heterocycles. The lowest BCUT2D eigenvalue weighted by Crippen LogP contribution is -2.74. The van der Waals surface area contributed by atoms with Crippen LogP contribution in [-0.2, 0) is 14.3 Å². The van der Waals surface area contributed by atoms with Gasteiger partial charge >= 0.3 is 0 Å². The number of carbonyl (C=O) groups excluding carboxylic acids is 2. The van der Waals surface area contributed by atoms with E-state index in [9.17, 15) is 9.59 Å². The number of nitrogens with two attached hydrogens (primary N) is 1. The second kappa shape index (κ2) is 6.16. The highest BCUT2D eigenvalue weighted by Crippen LogP contribution is 2.50. The zero-order valence-electron chi connectivity index (χ0n) is 14.4. The molecule has 1 saturated carbocycles. The van der Waals surface area contributed by atoms with Crippen LogP contribution < -0.4 is 21.1 Å². The fraction of sp³-hybridized carbons (Fsp3) is 0.529. The summed E-state index contributed by atoms with van der Waals surface area (Å²) >= 11 is 6.23. The van der Waals surface area contributed by atoms with Crippen LogP contribution in [0.15, 0.2) is 12.1 Å². The van der Waals surface area contributed by atoms with E-state index in [1.54, 1.807) is 12.1 Å². The molecule has 1 aliphatic carbocycles. The Balaban J connectivity index is 1.79. The lowest BCUT2D eigenvalue weighted by atomic mass is 9.54. The first-order chi connectivity index (χ1) is 11.7. The van der Waals surface area contributed by atoms with Crippen molar-refractivity contribution >= 4 is 34.8 Å². The Labute approximate surface area is 151 Å². The van der Waals surface area contributed by atoms with Gasteiger partial charge in [-0.1, -0.05) is 25.4 Å². The standard InChI is InChI=1S/C17H22ClN3O4/c1-4-24-13-7-17(19,16(13,2)3)15(23)21-10-6-12-11(5-9(10)18)20-14(22)8-25-12/h5-6,13H,4,7-8,19H2,1-3H3,(H,20,22)(H,21,23). The molecule has 136 valence electrons. The van der Waals surface area contributed by atoms with Gasteiger partial charge in [-0.15, -0.1) is 0 Å². The van der Waals surface area contributed by atoms with Crippen molar-refractivity contribution in [2.75, 3.05) is 23.8 Å². The summed E-state index contributed by atoms with van der Waals surface area (Å²) in [4.78, 5) is 24.1. The Morgan fingerprint density at radius 2 is 2.24 bits per heavy atom. The van der Waals surface area contributed by atoms with Crippen LogP contribution in [0.5, 0.6) is 5.75 Å². The maximum absolute atomic E-state index is 12.8. The molecule has 0 bridgehead atoms. The molecule has 1 aliphatic heterocycles. The number of rotatable bonds is 4. The molecule has 0 spiro atoms. The summed E-state index contributed by atoms with van der Waals surface area (Å²) in [7, 11) is 0. The van der Waals surface area contributed by atoms with Crippen molar-refractivity contribution in [3.63, 3.8) is 0 Å². The van der Waals surface area contributed by atoms with Crippen LogP contribution in [0.3, 0.4) is 0 Å². The summed E-state index contributed by atoms with van der Waals surface area (Å²) in [5.74, 6) is -0.125. The van der Waals surface area contributed by atoms with E-state index in [-0.39, 0.29) is 24.5 Å². The maximum atomic E-state index is 12.8. The minimum Gasteiger partial charge on any atom is -0.482 e. The summed E-state index contributed by atoms with van der Waals surface area (Å²) in [5, 5.41) is 5.74. The Kier molecular flexibility index (Phi) is 4.43. The van der Waals surface area contributed by atoms with E-state index in [1.165, 1.54) is 0 Å². The second-order valence-electron chi connectivity index (χ2n) is 6.96. The summed E-state index contributed by atoms with van der Waals surface area (Å²) in [6, 6.07) is 3.13. The van der Waals surface area contributed by atoms with Crippen LogP contribution in [0.25, 0.3) is 0 Å². The van der Waals surface area contributed by atoms with Crippen molar-refractivity contribution < 1.29 is 19.1 Å². The van der Waals surface area contributed by atoms with E-state index in [0.717, 1.165) is 0 Å². The fourth-order valence-electron chi connectivity index (χ4n) is 3.25. The third kappa shape index (κ3) is 2.86. The molecule has 1 fully saturated rings. The number of halogens is 1. The normalized spacial score (nSPS) is 26.8. The number of nitrogens with one attached hydrogen (secondary N) is 2. The molecule has 1 aromatic carbocycles. The molecule has 0 aromatic heterocycles. The largest absolute Gasteiger partial charge is 0.482 e. The van der Waals surface area contributed by atoms with Crippen molar-refractivity contribution in [1.82, 2.24) is 0 Å². The number of hydrogen-bond acceptors (Lipinski definition) is 5. The second-order valence-corrected chi connectivity index (χ2v) is 7.37. The molecule has 3 rings (SSSR count). The van der Waals surface area contributed by atoms with Crippen LogP contribution in [0.1, 0.15) is 27.2 Å². The van der Waals surface area contributed by atoms with Gasteiger partial charge in [-0.2, -0.15) is 0 Å². The smallest absolute Gasteiger partial charge is 0.262 e. The number of amides is 2. The number of carbonyl (C=O) groups is 2. The van der Waals surface area contributed by atoms with Gasteiger partial charge in [0.05, 0.1) is 22.5 Å². The number of anilines is 2. The number of hydrogen-bond donors (Lipinski definition) is 3. The highest BCUT2D eigenvalue weighted by Gasteiger charge is 2.62. The van der Waals surface area contributed by atoms with Crippen molar-refractivity contribution in [2.24, 2.45) is 11.1 Å². The zero-order chi connectivity index (χ0) is 18.4. The van der Waals surface area contributed by atoms with Gasteiger partial charge < -0.3 is 25.8 Å². The number of ether oxygens (including phenoxy) is 2. The lowest BCUT2D eigenvalue weighted by Gasteiger charge is -2.57. The van der Waals surface area contributed by atoms with Crippen LogP contribution in [0.4, 0.5) is 11.4 Å². The number of fused-ring (bicyclic) bond motifs is 1. The summed E-state index contributed by atoms with van der Waals surface area (Å²) in [6.45, 7) is 6.25. The fourth-order valence-corrected chi connectivity index (χ4v) is 3.46. The summed E-state index contributed by atoms with van der Waals surface area (Å²) < 4.78 is 11.0. The monoisotopic (exact) mass is 367 g/mol. The lowest BCUT2D eigenvalue weighted by molar-refractivity contribution is -0.166. The van der Waals surface area contributed by atoms with E-state index >= 15 is 0 Å². The van der Waals surface area contributed by atoms with Crippen LogP contribution in [0, 0.1) is 5.41 Å². The Morgan fingerprint density at radius 1 is 1.52 bits per heavy atom. The zero-order valence-corrected chi connectivity index (χ0v) is 15.2. The van der Waals surface area contributed by atoms with Gasteiger partial charge in [0.15, 0.2) is 6.61 Å². The third-order valence-electron chi connectivity index (χ3n) is 5.19.